The van der Waals surface area contributed by atoms with Gasteiger partial charge in [-0.2, -0.15) is 18.6 Å². The van der Waals surface area contributed by atoms with Crippen molar-refractivity contribution in [3.63, 3.8) is 0 Å². The van der Waals surface area contributed by atoms with Crippen LogP contribution in [0.3, 0.4) is 0 Å². The Labute approximate surface area is 152 Å². The molecule has 0 radical (unpaired) electrons. The van der Waals surface area contributed by atoms with Crippen LogP contribution in [-0.2, 0) is 23.2 Å². The maximum absolute atomic E-state index is 12.8. The molecule has 21 heavy (non-hydrogen) atoms. The second-order valence-electron chi connectivity index (χ2n) is 3.56. The average Bonchev–Trinajstić information content (AvgIpc) is 2.50. The predicted octanol–water partition coefficient (Wildman–Crippen LogP) is 6.57. The Hall–Kier alpha value is -0.0466. The number of hydrogen-bond donors (Lipinski definition) is 0. The summed E-state index contributed by atoms with van der Waals surface area (Å²) in [5.74, 6) is -0.690. The number of halogens is 6. The molecular formula is C14H10Cl4F2Zn. The number of alkyl halides is 1. The molecule has 0 aromatic heterocycles. The normalized spacial score (nSPS) is 9.14. The summed E-state index contributed by atoms with van der Waals surface area (Å²) >= 11 is 17.1. The molecule has 110 valence electrons. The summed E-state index contributed by atoms with van der Waals surface area (Å²) in [6.07, 6.45) is 0. The molecule has 0 N–H and O–H groups in total. The number of hydrogen-bond acceptors (Lipinski definition) is 0. The van der Waals surface area contributed by atoms with Gasteiger partial charge in [-0.3, -0.25) is 4.39 Å². The van der Waals surface area contributed by atoms with Crippen molar-refractivity contribution in [1.29, 1.82) is 0 Å². The van der Waals surface area contributed by atoms with Crippen LogP contribution in [0.25, 0.3) is 0 Å². The number of rotatable bonds is 1. The molecule has 0 spiro atoms. The molecule has 0 aliphatic rings. The van der Waals surface area contributed by atoms with E-state index in [1.807, 2.05) is 0 Å². The zero-order valence-electron chi connectivity index (χ0n) is 10.9. The van der Waals surface area contributed by atoms with E-state index in [2.05, 4.69) is 6.92 Å². The molecule has 7 heteroatoms. The van der Waals surface area contributed by atoms with Crippen molar-refractivity contribution in [2.75, 3.05) is 0 Å². The molecule has 0 saturated carbocycles. The standard InChI is InChI=1S/C7H5Cl2F.C7H5ClF.ClH.Zn/c8-4-5-2-1-3-6(9)7(5)10;1-5-3-2-4-6(8)7(5)9;;/h1-3H,4H2;2-4H,1H2;1H;/q;-1;;+2/p-1. The minimum absolute atomic E-state index is 0.123. The van der Waals surface area contributed by atoms with Crippen LogP contribution in [0.1, 0.15) is 11.1 Å². The van der Waals surface area contributed by atoms with Gasteiger partial charge in [-0.1, -0.05) is 41.4 Å². The Kier molecular flexibility index (Phi) is 11.5. The number of benzene rings is 2. The summed E-state index contributed by atoms with van der Waals surface area (Å²) in [4.78, 5) is 0. The SMILES string of the molecule is Fc1c(Cl)cccc1CCl.[CH2-]c1cccc(Cl)c1F.[Cl][Zn+]. The van der Waals surface area contributed by atoms with Crippen LogP contribution in [-0.4, -0.2) is 0 Å². The molecule has 0 unspecified atom stereocenters. The average molecular weight is 423 g/mol. The van der Waals surface area contributed by atoms with Gasteiger partial charge in [-0.25, -0.2) is 4.39 Å². The van der Waals surface area contributed by atoms with Crippen LogP contribution in [0, 0.1) is 18.6 Å². The van der Waals surface area contributed by atoms with Crippen molar-refractivity contribution in [2.45, 2.75) is 5.88 Å². The molecule has 0 atom stereocenters. The van der Waals surface area contributed by atoms with Crippen molar-refractivity contribution < 1.29 is 26.1 Å². The van der Waals surface area contributed by atoms with E-state index in [0.29, 0.717) is 11.1 Å². The predicted molar refractivity (Wildman–Crippen MR) is 82.7 cm³/mol. The quantitative estimate of drug-likeness (QED) is 0.277. The van der Waals surface area contributed by atoms with E-state index in [9.17, 15) is 8.78 Å². The molecule has 0 nitrogen and oxygen atoms in total. The van der Waals surface area contributed by atoms with Gasteiger partial charge in [0.2, 0.25) is 0 Å². The van der Waals surface area contributed by atoms with Crippen LogP contribution in [0.15, 0.2) is 36.4 Å². The molecular weight excluding hydrogens is 413 g/mol. The fraction of sp³-hybridized carbons (Fsp3) is 0.0714. The second-order valence-corrected chi connectivity index (χ2v) is 4.64. The Morgan fingerprint density at radius 3 is 1.76 bits per heavy atom. The van der Waals surface area contributed by atoms with Crippen molar-refractivity contribution in [2.24, 2.45) is 0 Å². The Balaban J connectivity index is 0.000000342. The molecule has 2 rings (SSSR count). The molecule has 0 heterocycles. The molecule has 0 fully saturated rings. The van der Waals surface area contributed by atoms with Gasteiger partial charge in [-0.05, 0) is 6.07 Å². The summed E-state index contributed by atoms with van der Waals surface area (Å²) in [7, 11) is 4.76. The van der Waals surface area contributed by atoms with Crippen LogP contribution in [0.4, 0.5) is 8.78 Å². The Morgan fingerprint density at radius 2 is 1.38 bits per heavy atom. The molecule has 0 amide bonds. The summed E-state index contributed by atoms with van der Waals surface area (Å²) in [6.45, 7) is 3.42. The molecule has 0 bridgehead atoms. The minimum atomic E-state index is -0.431. The first-order valence-electron chi connectivity index (χ1n) is 5.49. The van der Waals surface area contributed by atoms with Gasteiger partial charge in [-0.15, -0.1) is 17.7 Å². The van der Waals surface area contributed by atoms with Crippen molar-refractivity contribution in [3.8, 4) is 0 Å². The third kappa shape index (κ3) is 7.17. The topological polar surface area (TPSA) is 0 Å². The van der Waals surface area contributed by atoms with Crippen molar-refractivity contribution >= 4 is 44.5 Å². The van der Waals surface area contributed by atoms with Crippen LogP contribution in [0.5, 0.6) is 0 Å². The van der Waals surface area contributed by atoms with E-state index in [1.54, 1.807) is 24.3 Å². The monoisotopic (exact) mass is 420 g/mol. The van der Waals surface area contributed by atoms with Gasteiger partial charge in [0.05, 0.1) is 10.9 Å². The van der Waals surface area contributed by atoms with E-state index >= 15 is 0 Å². The Bertz CT molecular complexity index is 544. The van der Waals surface area contributed by atoms with Gasteiger partial charge < -0.3 is 0 Å². The first-order valence-corrected chi connectivity index (χ1v) is 10.7. The van der Waals surface area contributed by atoms with Gasteiger partial charge >= 0.3 is 27.0 Å². The first kappa shape index (κ1) is 21.0. The van der Waals surface area contributed by atoms with E-state index in [4.69, 9.17) is 44.5 Å². The van der Waals surface area contributed by atoms with Gasteiger partial charge in [0.25, 0.3) is 0 Å². The molecule has 0 saturated heterocycles. The zero-order valence-corrected chi connectivity index (χ0v) is 16.8. The fourth-order valence-corrected chi connectivity index (χ4v) is 1.79. The Morgan fingerprint density at radius 1 is 0.905 bits per heavy atom. The van der Waals surface area contributed by atoms with Gasteiger partial charge in [0, 0.05) is 16.4 Å². The molecule has 0 aliphatic carbocycles. The van der Waals surface area contributed by atoms with Crippen molar-refractivity contribution in [1.82, 2.24) is 0 Å². The third-order valence-corrected chi connectivity index (χ3v) is 3.08. The third-order valence-electron chi connectivity index (χ3n) is 2.21. The summed E-state index contributed by atoms with van der Waals surface area (Å²) in [6, 6.07) is 9.49. The van der Waals surface area contributed by atoms with Gasteiger partial charge in [0.15, 0.2) is 0 Å². The summed E-state index contributed by atoms with van der Waals surface area (Å²) < 4.78 is 25.3. The maximum atomic E-state index is 12.8. The second kappa shape index (κ2) is 11.5. The van der Waals surface area contributed by atoms with E-state index in [-0.39, 0.29) is 15.9 Å². The molecule has 2 aromatic rings. The van der Waals surface area contributed by atoms with E-state index < -0.39 is 11.6 Å². The first-order chi connectivity index (χ1) is 9.97. The van der Waals surface area contributed by atoms with Crippen molar-refractivity contribution in [3.05, 3.63) is 76.1 Å². The van der Waals surface area contributed by atoms with E-state index in [1.165, 1.54) is 12.1 Å². The molecule has 0 aliphatic heterocycles. The fourth-order valence-electron chi connectivity index (χ4n) is 1.20. The van der Waals surface area contributed by atoms with E-state index in [0.717, 1.165) is 17.3 Å². The zero-order chi connectivity index (χ0) is 16.4. The summed E-state index contributed by atoms with van der Waals surface area (Å²) in [5, 5.41) is 0.251. The van der Waals surface area contributed by atoms with Crippen LogP contribution >= 0.6 is 44.5 Å². The van der Waals surface area contributed by atoms with Gasteiger partial charge in [0.1, 0.15) is 5.82 Å². The van der Waals surface area contributed by atoms with Crippen LogP contribution < -0.4 is 0 Å². The van der Waals surface area contributed by atoms with Crippen LogP contribution in [0.2, 0.25) is 10.0 Å². The summed E-state index contributed by atoms with van der Waals surface area (Å²) in [5.41, 5.74) is 0.775. The molecule has 2 aromatic carbocycles.